The summed E-state index contributed by atoms with van der Waals surface area (Å²) in [5, 5.41) is 73.6. The molecule has 200 valence electrons. The van der Waals surface area contributed by atoms with Crippen LogP contribution in [0.25, 0.3) is 0 Å². The van der Waals surface area contributed by atoms with Gasteiger partial charge < -0.3 is 65.7 Å². The van der Waals surface area contributed by atoms with Crippen molar-refractivity contribution in [2.75, 3.05) is 26.4 Å². The molecule has 0 aliphatic carbocycles. The van der Waals surface area contributed by atoms with E-state index in [-0.39, 0.29) is 6.61 Å². The Hall–Kier alpha value is -1.01. The van der Waals surface area contributed by atoms with Gasteiger partial charge in [0, 0.05) is 6.92 Å². The molecule has 2 aliphatic heterocycles. The molecule has 0 aromatic heterocycles. The first-order valence-corrected chi connectivity index (χ1v) is 11.4. The number of unbranched alkanes of at least 4 members (excludes halogenated alkanes) is 3. The van der Waals surface area contributed by atoms with E-state index in [4.69, 9.17) is 24.7 Å². The molecule has 0 radical (unpaired) electrons. The van der Waals surface area contributed by atoms with Gasteiger partial charge in [0.25, 0.3) is 0 Å². The molecule has 10 atom stereocenters. The number of nitrogens with two attached hydrogens (primary N) is 1. The van der Waals surface area contributed by atoms with E-state index in [0.717, 1.165) is 26.2 Å². The van der Waals surface area contributed by atoms with Crippen LogP contribution in [0, 0.1) is 0 Å². The highest BCUT2D eigenvalue weighted by atomic mass is 16.8. The van der Waals surface area contributed by atoms with Crippen LogP contribution in [-0.2, 0) is 23.7 Å². The molecule has 2 aliphatic rings. The monoisotopic (exact) mass is 498 g/mol. The highest BCUT2D eigenvalue weighted by molar-refractivity contribution is 5.73. The zero-order valence-electron chi connectivity index (χ0n) is 19.1. The average Bonchev–Trinajstić information content (AvgIpc) is 2.80. The molecule has 0 spiro atoms. The van der Waals surface area contributed by atoms with Gasteiger partial charge in [0.1, 0.15) is 48.8 Å². The second kappa shape index (κ2) is 13.3. The van der Waals surface area contributed by atoms with Gasteiger partial charge in [-0.1, -0.05) is 12.8 Å². The third kappa shape index (κ3) is 7.02. The fourth-order valence-electron chi connectivity index (χ4n) is 3.96. The van der Waals surface area contributed by atoms with Crippen LogP contribution in [0.5, 0.6) is 0 Å². The number of rotatable bonds is 12. The standard InChI is InChI=1S/C20H38N2O12/c1-10(25)22-18-16(29)17(33-19-15(28)14(27)13(26)11(8-23)32-19)12(9-24)34-20(18,30)31-7-5-3-2-4-6-21/h11-19,23-24,26-30H,2-9,21H2,1H3,(H,22,25)/t11-,12-,13+,14+,15-,16+,17-,18-,19+,20-/m1/s1. The number of aliphatic hydroxyl groups is 7. The van der Waals surface area contributed by atoms with Crippen molar-refractivity contribution in [2.45, 2.75) is 93.6 Å². The topological polar surface area (TPSA) is 234 Å². The number of nitrogens with one attached hydrogen (secondary N) is 1. The molecule has 14 heteroatoms. The molecule has 10 N–H and O–H groups in total. The minimum absolute atomic E-state index is 0.0141. The van der Waals surface area contributed by atoms with Crippen molar-refractivity contribution in [3.63, 3.8) is 0 Å². The first kappa shape index (κ1) is 29.2. The van der Waals surface area contributed by atoms with Crippen molar-refractivity contribution in [1.29, 1.82) is 0 Å². The highest BCUT2D eigenvalue weighted by Crippen LogP contribution is 2.33. The first-order valence-electron chi connectivity index (χ1n) is 11.4. The van der Waals surface area contributed by atoms with Crippen LogP contribution in [0.1, 0.15) is 32.6 Å². The fourth-order valence-corrected chi connectivity index (χ4v) is 3.96. The van der Waals surface area contributed by atoms with Crippen molar-refractivity contribution in [1.82, 2.24) is 5.32 Å². The lowest BCUT2D eigenvalue weighted by Crippen LogP contribution is -2.72. The Balaban J connectivity index is 2.16. The van der Waals surface area contributed by atoms with Crippen molar-refractivity contribution in [3.8, 4) is 0 Å². The maximum absolute atomic E-state index is 11.8. The first-order chi connectivity index (χ1) is 16.1. The van der Waals surface area contributed by atoms with E-state index in [1.807, 2.05) is 0 Å². The molecule has 2 rings (SSSR count). The molecule has 2 fully saturated rings. The maximum atomic E-state index is 11.8. The summed E-state index contributed by atoms with van der Waals surface area (Å²) in [5.74, 6) is -3.15. The smallest absolute Gasteiger partial charge is 0.305 e. The second-order valence-electron chi connectivity index (χ2n) is 8.49. The highest BCUT2D eigenvalue weighted by Gasteiger charge is 2.57. The maximum Gasteiger partial charge on any atom is 0.305 e. The van der Waals surface area contributed by atoms with Gasteiger partial charge in [-0.15, -0.1) is 0 Å². The summed E-state index contributed by atoms with van der Waals surface area (Å²) in [6.07, 6.45) is -9.74. The molecule has 0 aromatic rings. The number of ether oxygens (including phenoxy) is 4. The number of hydrogen-bond acceptors (Lipinski definition) is 13. The van der Waals surface area contributed by atoms with E-state index in [1.165, 1.54) is 0 Å². The Morgan fingerprint density at radius 2 is 1.62 bits per heavy atom. The van der Waals surface area contributed by atoms with E-state index < -0.39 is 80.2 Å². The van der Waals surface area contributed by atoms with Gasteiger partial charge >= 0.3 is 5.97 Å². The molecule has 0 bridgehead atoms. The van der Waals surface area contributed by atoms with Gasteiger partial charge in [0.2, 0.25) is 5.91 Å². The van der Waals surface area contributed by atoms with Gasteiger partial charge in [0.15, 0.2) is 6.29 Å². The lowest BCUT2D eigenvalue weighted by Gasteiger charge is -2.49. The second-order valence-corrected chi connectivity index (χ2v) is 8.49. The number of hydrogen-bond donors (Lipinski definition) is 9. The molecule has 34 heavy (non-hydrogen) atoms. The minimum atomic E-state index is -2.51. The largest absolute Gasteiger partial charge is 0.394 e. The summed E-state index contributed by atoms with van der Waals surface area (Å²) >= 11 is 0. The summed E-state index contributed by atoms with van der Waals surface area (Å²) in [6.45, 7) is 0.240. The van der Waals surface area contributed by atoms with E-state index in [0.29, 0.717) is 13.0 Å². The predicted molar refractivity (Wildman–Crippen MR) is 113 cm³/mol. The number of amides is 1. The van der Waals surface area contributed by atoms with Gasteiger partial charge in [-0.25, -0.2) is 0 Å². The zero-order valence-corrected chi connectivity index (χ0v) is 19.1. The number of carbonyl (C=O) groups excluding carboxylic acids is 1. The normalized spacial score (nSPS) is 40.8. The van der Waals surface area contributed by atoms with Gasteiger partial charge in [-0.3, -0.25) is 4.79 Å². The Morgan fingerprint density at radius 1 is 0.971 bits per heavy atom. The molecular formula is C20H38N2O12. The van der Waals surface area contributed by atoms with Gasteiger partial charge in [0.05, 0.1) is 19.8 Å². The van der Waals surface area contributed by atoms with Crippen LogP contribution < -0.4 is 11.1 Å². The van der Waals surface area contributed by atoms with E-state index in [2.05, 4.69) is 5.32 Å². The summed E-state index contributed by atoms with van der Waals surface area (Å²) in [5.41, 5.74) is 5.45. The minimum Gasteiger partial charge on any atom is -0.394 e. The fraction of sp³-hybridized carbons (Fsp3) is 0.950. The average molecular weight is 499 g/mol. The Labute approximate surface area is 197 Å². The van der Waals surface area contributed by atoms with Crippen LogP contribution in [-0.4, -0.2) is 129 Å². The Morgan fingerprint density at radius 3 is 2.21 bits per heavy atom. The van der Waals surface area contributed by atoms with Crippen molar-refractivity contribution in [3.05, 3.63) is 0 Å². The van der Waals surface area contributed by atoms with Gasteiger partial charge in [-0.2, -0.15) is 0 Å². The number of aliphatic hydroxyl groups excluding tert-OH is 6. The zero-order chi connectivity index (χ0) is 25.5. The lowest BCUT2D eigenvalue weighted by molar-refractivity contribution is -0.437. The molecule has 2 heterocycles. The predicted octanol–water partition coefficient (Wildman–Crippen LogP) is -4.39. The third-order valence-corrected chi connectivity index (χ3v) is 5.84. The molecule has 1 amide bonds. The van der Waals surface area contributed by atoms with Gasteiger partial charge in [-0.05, 0) is 19.4 Å². The number of carbonyl (C=O) groups is 1. The Kier molecular flexibility index (Phi) is 11.5. The molecule has 0 unspecified atom stereocenters. The SMILES string of the molecule is CC(=O)N[C@@H]1[C@@H](O)[C@H](O[C@@H]2O[C@H](CO)[C@H](O)[C@H](O)[C@H]2O)[C@@H](CO)O[C@]1(O)OCCCCCCN. The summed E-state index contributed by atoms with van der Waals surface area (Å²) < 4.78 is 21.8. The molecule has 2 saturated heterocycles. The molecule has 0 aromatic carbocycles. The van der Waals surface area contributed by atoms with Crippen molar-refractivity contribution < 1.29 is 59.5 Å². The lowest BCUT2D eigenvalue weighted by atomic mass is 9.94. The van der Waals surface area contributed by atoms with E-state index in [1.54, 1.807) is 0 Å². The Bertz CT molecular complexity index is 628. The molecule has 0 saturated carbocycles. The van der Waals surface area contributed by atoms with E-state index in [9.17, 15) is 40.5 Å². The quantitative estimate of drug-likeness (QED) is 0.0914. The third-order valence-electron chi connectivity index (χ3n) is 5.84. The summed E-state index contributed by atoms with van der Waals surface area (Å²) in [6, 6.07) is -1.56. The van der Waals surface area contributed by atoms with Crippen LogP contribution in [0.2, 0.25) is 0 Å². The molecule has 14 nitrogen and oxygen atoms in total. The van der Waals surface area contributed by atoms with Crippen LogP contribution in [0.4, 0.5) is 0 Å². The van der Waals surface area contributed by atoms with Crippen LogP contribution in [0.3, 0.4) is 0 Å². The van der Waals surface area contributed by atoms with Crippen LogP contribution >= 0.6 is 0 Å². The van der Waals surface area contributed by atoms with Crippen molar-refractivity contribution >= 4 is 5.91 Å². The van der Waals surface area contributed by atoms with E-state index >= 15 is 0 Å². The van der Waals surface area contributed by atoms with Crippen LogP contribution in [0.15, 0.2) is 0 Å². The summed E-state index contributed by atoms with van der Waals surface area (Å²) in [7, 11) is 0. The van der Waals surface area contributed by atoms with Crippen molar-refractivity contribution in [2.24, 2.45) is 5.73 Å². The molecular weight excluding hydrogens is 460 g/mol. The summed E-state index contributed by atoms with van der Waals surface area (Å²) in [4.78, 5) is 11.8.